The van der Waals surface area contributed by atoms with Gasteiger partial charge in [-0.15, -0.1) is 0 Å². The van der Waals surface area contributed by atoms with E-state index in [0.29, 0.717) is 5.02 Å². The van der Waals surface area contributed by atoms with Crippen LogP contribution in [0.4, 0.5) is 11.4 Å². The van der Waals surface area contributed by atoms with Crippen molar-refractivity contribution < 1.29 is 5.11 Å². The van der Waals surface area contributed by atoms with Crippen LogP contribution >= 0.6 is 11.6 Å². The molecule has 0 spiro atoms. The van der Waals surface area contributed by atoms with E-state index in [1.165, 1.54) is 0 Å². The molecule has 5 heteroatoms. The average Bonchev–Trinajstić information content (AvgIpc) is 2.60. The second-order valence-electron chi connectivity index (χ2n) is 6.80. The van der Waals surface area contributed by atoms with E-state index in [1.807, 2.05) is 69.2 Å². The van der Waals surface area contributed by atoms with Crippen molar-refractivity contribution in [1.29, 1.82) is 0 Å². The Labute approximate surface area is 159 Å². The largest absolute Gasteiger partial charge is 0.394 e. The fourth-order valence-corrected chi connectivity index (χ4v) is 3.42. The first-order valence-electron chi connectivity index (χ1n) is 8.61. The van der Waals surface area contributed by atoms with Crippen molar-refractivity contribution in [3.63, 3.8) is 0 Å². The molecular weight excluding hydrogens is 346 g/mol. The Kier molecular flexibility index (Phi) is 5.35. The Balaban J connectivity index is 2.05. The summed E-state index contributed by atoms with van der Waals surface area (Å²) in [6.07, 6.45) is 0. The van der Waals surface area contributed by atoms with Crippen molar-refractivity contribution in [3.05, 3.63) is 64.3 Å². The van der Waals surface area contributed by atoms with Crippen molar-refractivity contribution in [2.24, 2.45) is 0 Å². The maximum atomic E-state index is 10.0. The molecule has 0 amide bonds. The number of fused-ring (bicyclic) bond motifs is 1. The van der Waals surface area contributed by atoms with Crippen LogP contribution in [0.15, 0.2) is 42.5 Å². The summed E-state index contributed by atoms with van der Waals surface area (Å²) in [5, 5.41) is 15.1. The van der Waals surface area contributed by atoms with Crippen molar-refractivity contribution >= 4 is 33.9 Å². The summed E-state index contributed by atoms with van der Waals surface area (Å²) < 4.78 is 0. The van der Waals surface area contributed by atoms with Gasteiger partial charge in [-0.2, -0.15) is 0 Å². The first kappa shape index (κ1) is 18.5. The van der Waals surface area contributed by atoms with E-state index in [9.17, 15) is 5.11 Å². The number of pyridine rings is 1. The highest BCUT2D eigenvalue weighted by atomic mass is 35.5. The number of benzene rings is 2. The Hall–Kier alpha value is -2.30. The lowest BCUT2D eigenvalue weighted by atomic mass is 10.0. The number of anilines is 2. The van der Waals surface area contributed by atoms with E-state index in [4.69, 9.17) is 11.6 Å². The quantitative estimate of drug-likeness (QED) is 0.683. The third-order valence-electron chi connectivity index (χ3n) is 4.50. The molecule has 0 bridgehead atoms. The monoisotopic (exact) mass is 369 g/mol. The van der Waals surface area contributed by atoms with E-state index in [1.54, 1.807) is 0 Å². The zero-order valence-electron chi connectivity index (χ0n) is 15.5. The SMILES string of the molecule is Cc1cc(N[C@@H](CO)c2cccc(N(C)C)c2)c2cc(Cl)cc(C)c2n1. The summed E-state index contributed by atoms with van der Waals surface area (Å²) in [5.41, 5.74) is 5.93. The lowest BCUT2D eigenvalue weighted by molar-refractivity contribution is 0.276. The molecule has 0 aliphatic rings. The molecular formula is C21H24ClN3O. The van der Waals surface area contributed by atoms with E-state index < -0.39 is 0 Å². The van der Waals surface area contributed by atoms with Gasteiger partial charge in [0.25, 0.3) is 0 Å². The highest BCUT2D eigenvalue weighted by molar-refractivity contribution is 6.31. The minimum Gasteiger partial charge on any atom is -0.394 e. The Morgan fingerprint density at radius 1 is 1.15 bits per heavy atom. The number of aryl methyl sites for hydroxylation is 2. The minimum absolute atomic E-state index is 0.0146. The van der Waals surface area contributed by atoms with Gasteiger partial charge < -0.3 is 15.3 Å². The predicted octanol–water partition coefficient (Wildman–Crippen LogP) is 4.72. The molecule has 3 aromatic rings. The van der Waals surface area contributed by atoms with Gasteiger partial charge in [0.05, 0.1) is 18.2 Å². The molecule has 0 aliphatic heterocycles. The number of aliphatic hydroxyl groups is 1. The van der Waals surface area contributed by atoms with E-state index >= 15 is 0 Å². The number of nitrogens with one attached hydrogen (secondary N) is 1. The smallest absolute Gasteiger partial charge is 0.0756 e. The molecule has 0 saturated carbocycles. The normalized spacial score (nSPS) is 12.2. The van der Waals surface area contributed by atoms with Crippen LogP contribution in [0.2, 0.25) is 5.02 Å². The molecule has 2 N–H and O–H groups in total. The maximum absolute atomic E-state index is 10.0. The number of aromatic nitrogens is 1. The molecule has 136 valence electrons. The second-order valence-corrected chi connectivity index (χ2v) is 7.24. The number of hydrogen-bond donors (Lipinski definition) is 2. The summed E-state index contributed by atoms with van der Waals surface area (Å²) in [7, 11) is 4.01. The van der Waals surface area contributed by atoms with E-state index in [0.717, 1.165) is 39.1 Å². The van der Waals surface area contributed by atoms with Gasteiger partial charge in [-0.1, -0.05) is 23.7 Å². The van der Waals surface area contributed by atoms with Crippen molar-refractivity contribution in [3.8, 4) is 0 Å². The molecule has 0 saturated heterocycles. The van der Waals surface area contributed by atoms with Crippen LogP contribution in [-0.2, 0) is 0 Å². The topological polar surface area (TPSA) is 48.4 Å². The number of halogens is 1. The summed E-state index contributed by atoms with van der Waals surface area (Å²) in [6, 6.07) is 13.8. The van der Waals surface area contributed by atoms with Crippen molar-refractivity contribution in [2.75, 3.05) is 30.9 Å². The van der Waals surface area contributed by atoms with Gasteiger partial charge in [0.15, 0.2) is 0 Å². The third-order valence-corrected chi connectivity index (χ3v) is 4.72. The Bertz CT molecular complexity index is 940. The molecule has 1 heterocycles. The van der Waals surface area contributed by atoms with Gasteiger partial charge in [0, 0.05) is 41.6 Å². The lowest BCUT2D eigenvalue weighted by Crippen LogP contribution is -2.16. The van der Waals surface area contributed by atoms with Crippen LogP contribution in [0, 0.1) is 13.8 Å². The molecule has 2 aromatic carbocycles. The number of aliphatic hydroxyl groups excluding tert-OH is 1. The first-order valence-corrected chi connectivity index (χ1v) is 8.99. The van der Waals surface area contributed by atoms with Gasteiger partial charge in [0.1, 0.15) is 0 Å². The molecule has 0 unspecified atom stereocenters. The molecule has 26 heavy (non-hydrogen) atoms. The van der Waals surface area contributed by atoms with E-state index in [-0.39, 0.29) is 12.6 Å². The fourth-order valence-electron chi connectivity index (χ4n) is 3.15. The number of hydrogen-bond acceptors (Lipinski definition) is 4. The lowest BCUT2D eigenvalue weighted by Gasteiger charge is -2.22. The highest BCUT2D eigenvalue weighted by Gasteiger charge is 2.15. The molecule has 4 nitrogen and oxygen atoms in total. The summed E-state index contributed by atoms with van der Waals surface area (Å²) in [4.78, 5) is 6.70. The second kappa shape index (κ2) is 7.52. The van der Waals surface area contributed by atoms with Crippen LogP contribution in [0.3, 0.4) is 0 Å². The molecule has 0 radical (unpaired) electrons. The van der Waals surface area contributed by atoms with Gasteiger partial charge in [-0.3, -0.25) is 4.98 Å². The van der Waals surface area contributed by atoms with Gasteiger partial charge in [0.2, 0.25) is 0 Å². The van der Waals surface area contributed by atoms with Crippen LogP contribution in [0.5, 0.6) is 0 Å². The highest BCUT2D eigenvalue weighted by Crippen LogP contribution is 2.32. The minimum atomic E-state index is -0.223. The summed E-state index contributed by atoms with van der Waals surface area (Å²) in [5.74, 6) is 0. The number of rotatable bonds is 5. The van der Waals surface area contributed by atoms with Crippen LogP contribution in [-0.4, -0.2) is 30.8 Å². The predicted molar refractivity (Wildman–Crippen MR) is 110 cm³/mol. The summed E-state index contributed by atoms with van der Waals surface area (Å²) in [6.45, 7) is 3.97. The maximum Gasteiger partial charge on any atom is 0.0756 e. The van der Waals surface area contributed by atoms with Gasteiger partial charge >= 0.3 is 0 Å². The van der Waals surface area contributed by atoms with Crippen LogP contribution < -0.4 is 10.2 Å². The van der Waals surface area contributed by atoms with Gasteiger partial charge in [-0.05, 0) is 55.3 Å². The van der Waals surface area contributed by atoms with E-state index in [2.05, 4.69) is 16.4 Å². The van der Waals surface area contributed by atoms with Crippen molar-refractivity contribution in [2.45, 2.75) is 19.9 Å². The fraction of sp³-hybridized carbons (Fsp3) is 0.286. The Morgan fingerprint density at radius 2 is 1.92 bits per heavy atom. The first-order chi connectivity index (χ1) is 12.4. The molecule has 3 rings (SSSR count). The van der Waals surface area contributed by atoms with Crippen molar-refractivity contribution in [1.82, 2.24) is 4.98 Å². The molecule has 1 atom stereocenters. The average molecular weight is 370 g/mol. The third kappa shape index (κ3) is 3.76. The zero-order valence-corrected chi connectivity index (χ0v) is 16.3. The molecule has 0 fully saturated rings. The van der Waals surface area contributed by atoms with Crippen LogP contribution in [0.1, 0.15) is 22.9 Å². The zero-order chi connectivity index (χ0) is 18.8. The van der Waals surface area contributed by atoms with Crippen LogP contribution in [0.25, 0.3) is 10.9 Å². The number of nitrogens with zero attached hydrogens (tertiary/aromatic N) is 2. The standard InChI is InChI=1S/C21H24ClN3O/c1-13-8-16(22)11-18-19(9-14(2)23-21(13)18)24-20(12-26)15-6-5-7-17(10-15)25(3)4/h5-11,20,26H,12H2,1-4H3,(H,23,24)/t20-/m0/s1. The Morgan fingerprint density at radius 3 is 2.62 bits per heavy atom. The summed E-state index contributed by atoms with van der Waals surface area (Å²) >= 11 is 6.27. The molecule has 1 aromatic heterocycles. The van der Waals surface area contributed by atoms with Gasteiger partial charge in [-0.25, -0.2) is 0 Å². The molecule has 0 aliphatic carbocycles.